The Morgan fingerprint density at radius 2 is 2.00 bits per heavy atom. The van der Waals surface area contributed by atoms with Crippen molar-refractivity contribution in [3.63, 3.8) is 0 Å². The van der Waals surface area contributed by atoms with Gasteiger partial charge in [0.2, 0.25) is 5.95 Å². The number of nitrogens with two attached hydrogens (primary N) is 1. The molecule has 34 heavy (non-hydrogen) atoms. The van der Waals surface area contributed by atoms with Gasteiger partial charge in [-0.05, 0) is 44.0 Å². The number of hydrogen-bond donors (Lipinski definition) is 1. The van der Waals surface area contributed by atoms with E-state index in [1.165, 1.54) is 9.13 Å². The van der Waals surface area contributed by atoms with Crippen LogP contribution in [0.3, 0.4) is 0 Å². The minimum Gasteiger partial charge on any atom is -0.341 e. The molecule has 174 valence electrons. The zero-order valence-electron chi connectivity index (χ0n) is 19.2. The van der Waals surface area contributed by atoms with E-state index in [1.807, 2.05) is 12.1 Å². The van der Waals surface area contributed by atoms with Crippen molar-refractivity contribution in [1.82, 2.24) is 28.7 Å². The summed E-state index contributed by atoms with van der Waals surface area (Å²) in [6, 6.07) is 7.31. The van der Waals surface area contributed by atoms with Gasteiger partial charge in [-0.15, -0.1) is 5.92 Å². The zero-order valence-corrected chi connectivity index (χ0v) is 19.2. The molecule has 2 N–H and O–H groups in total. The summed E-state index contributed by atoms with van der Waals surface area (Å²) >= 11 is 0. The number of anilines is 1. The summed E-state index contributed by atoms with van der Waals surface area (Å²) < 4.78 is 4.43. The highest BCUT2D eigenvalue weighted by Crippen LogP contribution is 2.23. The van der Waals surface area contributed by atoms with Crippen LogP contribution in [0.2, 0.25) is 0 Å². The number of pyridine rings is 2. The highest BCUT2D eigenvalue weighted by atomic mass is 16.2. The highest BCUT2D eigenvalue weighted by Gasteiger charge is 2.26. The van der Waals surface area contributed by atoms with Crippen LogP contribution in [0, 0.1) is 11.8 Å². The molecule has 1 fully saturated rings. The maximum Gasteiger partial charge on any atom is 0.332 e. The number of rotatable bonds is 4. The Morgan fingerprint density at radius 1 is 1.15 bits per heavy atom. The molecule has 1 unspecified atom stereocenters. The summed E-state index contributed by atoms with van der Waals surface area (Å²) in [5.74, 6) is 6.55. The topological polar surface area (TPSA) is 117 Å². The lowest BCUT2D eigenvalue weighted by Gasteiger charge is -2.31. The van der Waals surface area contributed by atoms with Gasteiger partial charge in [-0.1, -0.05) is 5.92 Å². The number of piperidine rings is 1. The molecule has 0 bridgehead atoms. The van der Waals surface area contributed by atoms with Crippen molar-refractivity contribution in [2.24, 2.45) is 12.8 Å². The van der Waals surface area contributed by atoms with Crippen molar-refractivity contribution < 1.29 is 0 Å². The molecule has 1 atom stereocenters. The third kappa shape index (κ3) is 3.74. The first kappa shape index (κ1) is 21.9. The highest BCUT2D eigenvalue weighted by molar-refractivity contribution is 5.75. The van der Waals surface area contributed by atoms with Gasteiger partial charge in [0.05, 0.1) is 29.8 Å². The van der Waals surface area contributed by atoms with Crippen LogP contribution in [-0.2, 0) is 20.1 Å². The maximum atomic E-state index is 13.7. The Balaban J connectivity index is 1.68. The molecule has 4 aromatic heterocycles. The Morgan fingerprint density at radius 3 is 2.79 bits per heavy atom. The van der Waals surface area contributed by atoms with Gasteiger partial charge in [-0.2, -0.15) is 4.98 Å². The molecule has 5 heterocycles. The number of imidazole rings is 1. The summed E-state index contributed by atoms with van der Waals surface area (Å²) in [6.07, 6.45) is 3.59. The summed E-state index contributed by atoms with van der Waals surface area (Å²) in [5, 5.41) is 0. The van der Waals surface area contributed by atoms with Gasteiger partial charge in [0.15, 0.2) is 11.2 Å². The van der Waals surface area contributed by atoms with Crippen molar-refractivity contribution in [2.75, 3.05) is 18.0 Å². The van der Waals surface area contributed by atoms with Crippen molar-refractivity contribution >= 4 is 28.1 Å². The first-order chi connectivity index (χ1) is 16.5. The predicted octanol–water partition coefficient (Wildman–Crippen LogP) is 0.839. The van der Waals surface area contributed by atoms with Crippen molar-refractivity contribution in [1.29, 1.82) is 0 Å². The molecule has 0 aromatic carbocycles. The van der Waals surface area contributed by atoms with Crippen LogP contribution in [0.25, 0.3) is 22.2 Å². The zero-order chi connectivity index (χ0) is 23.8. The van der Waals surface area contributed by atoms with Crippen LogP contribution in [0.4, 0.5) is 5.95 Å². The molecule has 1 aliphatic rings. The first-order valence-corrected chi connectivity index (χ1v) is 11.3. The van der Waals surface area contributed by atoms with E-state index in [2.05, 4.69) is 26.7 Å². The third-order valence-electron chi connectivity index (χ3n) is 6.20. The van der Waals surface area contributed by atoms with E-state index in [0.29, 0.717) is 41.4 Å². The quantitative estimate of drug-likeness (QED) is 0.450. The second-order valence-electron chi connectivity index (χ2n) is 8.52. The van der Waals surface area contributed by atoms with E-state index < -0.39 is 11.2 Å². The van der Waals surface area contributed by atoms with E-state index in [-0.39, 0.29) is 12.6 Å². The second-order valence-corrected chi connectivity index (χ2v) is 8.52. The molecule has 0 amide bonds. The maximum absolute atomic E-state index is 13.7. The molecule has 1 aliphatic heterocycles. The molecule has 5 rings (SSSR count). The van der Waals surface area contributed by atoms with Gasteiger partial charge in [0, 0.05) is 32.4 Å². The normalized spacial score (nSPS) is 16.1. The molecule has 0 aliphatic carbocycles. The minimum atomic E-state index is -0.446. The smallest absolute Gasteiger partial charge is 0.332 e. The van der Waals surface area contributed by atoms with Crippen LogP contribution in [0.5, 0.6) is 0 Å². The van der Waals surface area contributed by atoms with E-state index in [0.717, 1.165) is 24.9 Å². The van der Waals surface area contributed by atoms with Crippen LogP contribution >= 0.6 is 0 Å². The minimum absolute atomic E-state index is 0.0354. The molecule has 1 saturated heterocycles. The SMILES string of the molecule is CC#CCn1c(N2CCCC(N)C2)nc2c1c(=O)n(Cc1ccc3ncccc3n1)c(=O)n2C. The predicted molar refractivity (Wildman–Crippen MR) is 131 cm³/mol. The Labute approximate surface area is 195 Å². The largest absolute Gasteiger partial charge is 0.341 e. The first-order valence-electron chi connectivity index (χ1n) is 11.3. The van der Waals surface area contributed by atoms with Gasteiger partial charge >= 0.3 is 5.69 Å². The fourth-order valence-electron chi connectivity index (χ4n) is 4.49. The van der Waals surface area contributed by atoms with E-state index in [9.17, 15) is 9.59 Å². The van der Waals surface area contributed by atoms with Gasteiger partial charge in [0.1, 0.15) is 0 Å². The Hall–Kier alpha value is -3.97. The number of fused-ring (bicyclic) bond motifs is 2. The lowest BCUT2D eigenvalue weighted by atomic mass is 10.1. The van der Waals surface area contributed by atoms with Gasteiger partial charge < -0.3 is 10.6 Å². The molecule has 10 heteroatoms. The van der Waals surface area contributed by atoms with E-state index in [1.54, 1.807) is 36.9 Å². The molecule has 0 saturated carbocycles. The van der Waals surface area contributed by atoms with E-state index in [4.69, 9.17) is 10.7 Å². The van der Waals surface area contributed by atoms with Crippen molar-refractivity contribution in [3.8, 4) is 11.8 Å². The number of aryl methyl sites for hydroxylation is 1. The number of hydrogen-bond acceptors (Lipinski definition) is 7. The van der Waals surface area contributed by atoms with Crippen LogP contribution in [-0.4, -0.2) is 47.8 Å². The standard InChI is InChI=1S/C24H26N8O2/c1-3-4-13-31-20-21(28-23(31)30-12-6-7-16(25)14-30)29(2)24(34)32(22(20)33)15-17-9-10-18-19(27-17)8-5-11-26-18/h5,8-11,16H,6-7,12-15,25H2,1-2H3. The average Bonchev–Trinajstić information content (AvgIpc) is 3.23. The van der Waals surface area contributed by atoms with E-state index >= 15 is 0 Å². The lowest BCUT2D eigenvalue weighted by molar-refractivity contribution is 0.496. The molecule has 0 radical (unpaired) electrons. The summed E-state index contributed by atoms with van der Waals surface area (Å²) in [7, 11) is 1.63. The third-order valence-corrected chi connectivity index (χ3v) is 6.20. The van der Waals surface area contributed by atoms with Gasteiger partial charge in [0.25, 0.3) is 5.56 Å². The second kappa shape index (κ2) is 8.76. The molecule has 4 aromatic rings. The molecular formula is C24H26N8O2. The van der Waals surface area contributed by atoms with Gasteiger partial charge in [-0.3, -0.25) is 23.5 Å². The summed E-state index contributed by atoms with van der Waals surface area (Å²) in [6.45, 7) is 3.51. The number of nitrogens with zero attached hydrogens (tertiary/aromatic N) is 7. The Bertz CT molecular complexity index is 1570. The van der Waals surface area contributed by atoms with Crippen LogP contribution in [0.15, 0.2) is 40.1 Å². The van der Waals surface area contributed by atoms with Crippen molar-refractivity contribution in [2.45, 2.75) is 38.9 Å². The summed E-state index contributed by atoms with van der Waals surface area (Å²) in [5.41, 5.74) is 8.09. The average molecular weight is 459 g/mol. The Kier molecular flexibility index (Phi) is 5.63. The fourth-order valence-corrected chi connectivity index (χ4v) is 4.49. The molecule has 0 spiro atoms. The van der Waals surface area contributed by atoms with Crippen LogP contribution in [0.1, 0.15) is 25.5 Å². The van der Waals surface area contributed by atoms with Crippen LogP contribution < -0.4 is 21.9 Å². The molecule has 10 nitrogen and oxygen atoms in total. The van der Waals surface area contributed by atoms with Gasteiger partial charge in [-0.25, -0.2) is 9.78 Å². The number of aromatic nitrogens is 6. The monoisotopic (exact) mass is 458 g/mol. The summed E-state index contributed by atoms with van der Waals surface area (Å²) in [4.78, 5) is 42.5. The fraction of sp³-hybridized carbons (Fsp3) is 0.375. The van der Waals surface area contributed by atoms with Crippen molar-refractivity contribution in [3.05, 3.63) is 57.0 Å². The molecular weight excluding hydrogens is 432 g/mol. The lowest BCUT2D eigenvalue weighted by Crippen LogP contribution is -2.44.